The Hall–Kier alpha value is -2.44. The summed E-state index contributed by atoms with van der Waals surface area (Å²) in [5.74, 6) is 1.50. The third-order valence-electron chi connectivity index (χ3n) is 3.37. The molecule has 0 aliphatic rings. The number of nitrogens with one attached hydrogen (secondary N) is 2. The molecule has 2 N–H and O–H groups in total. The molecule has 2 rings (SSSR count). The first kappa shape index (κ1) is 15.9. The minimum atomic E-state index is -0.372. The smallest absolute Gasteiger partial charge is 0.251 e. The molecule has 0 aliphatic heterocycles. The van der Waals surface area contributed by atoms with Crippen LogP contribution in [0.3, 0.4) is 0 Å². The second kappa shape index (κ2) is 6.55. The van der Waals surface area contributed by atoms with Crippen molar-refractivity contribution < 1.29 is 4.79 Å². The maximum Gasteiger partial charge on any atom is 0.251 e. The molecule has 7 heteroatoms. The summed E-state index contributed by atoms with van der Waals surface area (Å²) in [6.45, 7) is 7.81. The molecule has 0 saturated heterocycles. The van der Waals surface area contributed by atoms with Crippen LogP contribution in [0.25, 0.3) is 0 Å². The summed E-state index contributed by atoms with van der Waals surface area (Å²) in [6.07, 6.45) is 3.50. The minimum absolute atomic E-state index is 0.139. The van der Waals surface area contributed by atoms with E-state index < -0.39 is 0 Å². The lowest BCUT2D eigenvalue weighted by Gasteiger charge is -2.17. The Morgan fingerprint density at radius 2 is 2.14 bits per heavy atom. The molecule has 0 aliphatic carbocycles. The molecule has 2 aromatic heterocycles. The second-order valence-electron chi connectivity index (χ2n) is 5.56. The third-order valence-corrected chi connectivity index (χ3v) is 3.37. The lowest BCUT2D eigenvalue weighted by Crippen LogP contribution is -2.32. The second-order valence-corrected chi connectivity index (χ2v) is 5.56. The molecular formula is C15H21N5O2. The molecule has 0 saturated carbocycles. The van der Waals surface area contributed by atoms with Gasteiger partial charge in [0, 0.05) is 24.4 Å². The van der Waals surface area contributed by atoms with Gasteiger partial charge >= 0.3 is 0 Å². The van der Waals surface area contributed by atoms with Crippen LogP contribution in [-0.4, -0.2) is 25.4 Å². The number of amides is 1. The van der Waals surface area contributed by atoms with Gasteiger partial charge in [-0.05, 0) is 13.8 Å². The molecule has 22 heavy (non-hydrogen) atoms. The average molecular weight is 303 g/mol. The Balaban J connectivity index is 2.05. The fourth-order valence-electron chi connectivity index (χ4n) is 2.28. The Kier molecular flexibility index (Phi) is 4.75. The first-order chi connectivity index (χ1) is 10.4. The van der Waals surface area contributed by atoms with Gasteiger partial charge in [0.15, 0.2) is 0 Å². The van der Waals surface area contributed by atoms with Crippen LogP contribution in [0, 0.1) is 6.92 Å². The quantitative estimate of drug-likeness (QED) is 0.870. The molecule has 0 unspecified atom stereocenters. The van der Waals surface area contributed by atoms with E-state index >= 15 is 0 Å². The van der Waals surface area contributed by atoms with Gasteiger partial charge in [0.25, 0.3) is 5.56 Å². The van der Waals surface area contributed by atoms with Gasteiger partial charge in [-0.3, -0.25) is 9.59 Å². The average Bonchev–Trinajstić information content (AvgIpc) is 2.92. The van der Waals surface area contributed by atoms with Crippen molar-refractivity contribution in [2.75, 3.05) is 0 Å². The Labute approximate surface area is 128 Å². The monoisotopic (exact) mass is 303 g/mol. The zero-order valence-electron chi connectivity index (χ0n) is 13.3. The zero-order valence-corrected chi connectivity index (χ0v) is 13.3. The first-order valence-electron chi connectivity index (χ1n) is 7.25. The molecular weight excluding hydrogens is 282 g/mol. The SMILES string of the molecule is Cc1nc(CNC(=O)[C@@H](C)n2ccnc2C(C)C)cc(=O)[nH]1. The fourth-order valence-corrected chi connectivity index (χ4v) is 2.28. The van der Waals surface area contributed by atoms with Crippen molar-refractivity contribution in [3.63, 3.8) is 0 Å². The summed E-state index contributed by atoms with van der Waals surface area (Å²) in [6, 6.07) is 1.01. The van der Waals surface area contributed by atoms with E-state index in [-0.39, 0.29) is 30.0 Å². The molecule has 0 fully saturated rings. The predicted octanol–water partition coefficient (Wildman–Crippen LogP) is 1.28. The summed E-state index contributed by atoms with van der Waals surface area (Å²) in [4.78, 5) is 34.7. The molecule has 0 aromatic carbocycles. The fraction of sp³-hybridized carbons (Fsp3) is 0.467. The molecule has 2 aromatic rings. The van der Waals surface area contributed by atoms with Gasteiger partial charge in [-0.2, -0.15) is 0 Å². The van der Waals surface area contributed by atoms with E-state index in [2.05, 4.69) is 20.3 Å². The number of aromatic amines is 1. The lowest BCUT2D eigenvalue weighted by molar-refractivity contribution is -0.124. The maximum absolute atomic E-state index is 12.3. The number of nitrogens with zero attached hydrogens (tertiary/aromatic N) is 3. The van der Waals surface area contributed by atoms with Crippen molar-refractivity contribution in [2.24, 2.45) is 0 Å². The lowest BCUT2D eigenvalue weighted by atomic mass is 10.2. The number of aryl methyl sites for hydroxylation is 1. The van der Waals surface area contributed by atoms with Crippen LogP contribution in [0.5, 0.6) is 0 Å². The van der Waals surface area contributed by atoms with Crippen LogP contribution < -0.4 is 10.9 Å². The van der Waals surface area contributed by atoms with Crippen LogP contribution in [0.4, 0.5) is 0 Å². The number of aromatic nitrogens is 4. The number of carbonyl (C=O) groups excluding carboxylic acids is 1. The van der Waals surface area contributed by atoms with Crippen molar-refractivity contribution in [2.45, 2.75) is 46.2 Å². The van der Waals surface area contributed by atoms with Gasteiger partial charge in [-0.15, -0.1) is 0 Å². The maximum atomic E-state index is 12.3. The number of hydrogen-bond donors (Lipinski definition) is 2. The van der Waals surface area contributed by atoms with E-state index in [9.17, 15) is 9.59 Å². The van der Waals surface area contributed by atoms with Crippen molar-refractivity contribution >= 4 is 5.91 Å². The number of imidazole rings is 1. The highest BCUT2D eigenvalue weighted by Crippen LogP contribution is 2.17. The largest absolute Gasteiger partial charge is 0.349 e. The van der Waals surface area contributed by atoms with Crippen LogP contribution in [-0.2, 0) is 11.3 Å². The zero-order chi connectivity index (χ0) is 16.3. The summed E-state index contributed by atoms with van der Waals surface area (Å²) in [5.41, 5.74) is 0.318. The molecule has 118 valence electrons. The minimum Gasteiger partial charge on any atom is -0.349 e. The highest BCUT2D eigenvalue weighted by atomic mass is 16.2. The third kappa shape index (κ3) is 3.60. The molecule has 2 heterocycles. The summed E-state index contributed by atoms with van der Waals surface area (Å²) in [7, 11) is 0. The molecule has 7 nitrogen and oxygen atoms in total. The highest BCUT2D eigenvalue weighted by molar-refractivity contribution is 5.79. The van der Waals surface area contributed by atoms with Gasteiger partial charge in [-0.25, -0.2) is 9.97 Å². The summed E-state index contributed by atoms with van der Waals surface area (Å²) >= 11 is 0. The van der Waals surface area contributed by atoms with E-state index in [4.69, 9.17) is 0 Å². The van der Waals surface area contributed by atoms with E-state index in [1.54, 1.807) is 19.3 Å². The van der Waals surface area contributed by atoms with Gasteiger partial charge in [0.2, 0.25) is 5.91 Å². The van der Waals surface area contributed by atoms with Gasteiger partial charge < -0.3 is 14.9 Å². The van der Waals surface area contributed by atoms with E-state index in [1.807, 2.05) is 25.3 Å². The molecule has 0 bridgehead atoms. The molecule has 1 atom stereocenters. The van der Waals surface area contributed by atoms with Crippen molar-refractivity contribution in [3.05, 3.63) is 46.2 Å². The number of H-pyrrole nitrogens is 1. The highest BCUT2D eigenvalue weighted by Gasteiger charge is 2.19. The van der Waals surface area contributed by atoms with Crippen LogP contribution in [0.15, 0.2) is 23.3 Å². The Bertz CT molecular complexity index is 717. The topological polar surface area (TPSA) is 92.7 Å². The van der Waals surface area contributed by atoms with Crippen molar-refractivity contribution in [1.29, 1.82) is 0 Å². The van der Waals surface area contributed by atoms with Crippen LogP contribution in [0.2, 0.25) is 0 Å². The summed E-state index contributed by atoms with van der Waals surface area (Å²) in [5, 5.41) is 2.80. The Morgan fingerprint density at radius 3 is 2.77 bits per heavy atom. The Morgan fingerprint density at radius 1 is 1.41 bits per heavy atom. The predicted molar refractivity (Wildman–Crippen MR) is 82.5 cm³/mol. The normalized spacial score (nSPS) is 12.4. The van der Waals surface area contributed by atoms with Gasteiger partial charge in [-0.1, -0.05) is 13.8 Å². The first-order valence-corrected chi connectivity index (χ1v) is 7.25. The number of carbonyl (C=O) groups is 1. The van der Waals surface area contributed by atoms with Crippen molar-refractivity contribution in [1.82, 2.24) is 24.8 Å². The molecule has 0 radical (unpaired) electrons. The molecule has 0 spiro atoms. The van der Waals surface area contributed by atoms with Gasteiger partial charge in [0.1, 0.15) is 17.7 Å². The number of rotatable bonds is 5. The summed E-state index contributed by atoms with van der Waals surface area (Å²) < 4.78 is 1.86. The van der Waals surface area contributed by atoms with Gasteiger partial charge in [0.05, 0.1) is 12.2 Å². The van der Waals surface area contributed by atoms with Crippen LogP contribution in [0.1, 0.15) is 50.1 Å². The van der Waals surface area contributed by atoms with E-state index in [0.29, 0.717) is 11.5 Å². The van der Waals surface area contributed by atoms with E-state index in [0.717, 1.165) is 5.82 Å². The standard InChI is InChI=1S/C15H21N5O2/c1-9(2)14-16-5-6-20(14)10(3)15(22)17-8-12-7-13(21)19-11(4)18-12/h5-7,9-10H,8H2,1-4H3,(H,17,22)(H,18,19,21)/t10-/m1/s1. The van der Waals surface area contributed by atoms with Crippen molar-refractivity contribution in [3.8, 4) is 0 Å². The number of hydrogen-bond acceptors (Lipinski definition) is 4. The van der Waals surface area contributed by atoms with E-state index in [1.165, 1.54) is 6.07 Å². The van der Waals surface area contributed by atoms with Crippen LogP contribution >= 0.6 is 0 Å². The molecule has 1 amide bonds.